The third-order valence-corrected chi connectivity index (χ3v) is 3.93. The highest BCUT2D eigenvalue weighted by molar-refractivity contribution is 5.95. The molecule has 1 fully saturated rings. The Morgan fingerprint density at radius 1 is 1.38 bits per heavy atom. The van der Waals surface area contributed by atoms with Gasteiger partial charge >= 0.3 is 5.97 Å². The van der Waals surface area contributed by atoms with Crippen molar-refractivity contribution in [1.29, 1.82) is 0 Å². The van der Waals surface area contributed by atoms with Gasteiger partial charge in [-0.25, -0.2) is 4.79 Å². The van der Waals surface area contributed by atoms with E-state index in [1.54, 1.807) is 19.9 Å². The minimum absolute atomic E-state index is 0.159. The molecule has 0 aromatic carbocycles. The van der Waals surface area contributed by atoms with E-state index in [0.717, 1.165) is 25.9 Å². The zero-order chi connectivity index (χ0) is 15.4. The lowest BCUT2D eigenvalue weighted by atomic mass is 10.0. The molecule has 0 spiro atoms. The topological polar surface area (TPSA) is 83.4 Å². The van der Waals surface area contributed by atoms with Gasteiger partial charge in [0.15, 0.2) is 0 Å². The zero-order valence-electron chi connectivity index (χ0n) is 12.5. The van der Waals surface area contributed by atoms with Gasteiger partial charge in [0.2, 0.25) is 0 Å². The van der Waals surface area contributed by atoms with E-state index in [0.29, 0.717) is 11.7 Å². The molecule has 1 aliphatic heterocycles. The van der Waals surface area contributed by atoms with Crippen LogP contribution >= 0.6 is 0 Å². The van der Waals surface area contributed by atoms with Gasteiger partial charge in [-0.05, 0) is 44.0 Å². The van der Waals surface area contributed by atoms with Crippen LogP contribution in [0.2, 0.25) is 0 Å². The Bertz CT molecular complexity index is 504. The van der Waals surface area contributed by atoms with E-state index in [1.807, 2.05) is 16.8 Å². The summed E-state index contributed by atoms with van der Waals surface area (Å²) in [6, 6.07) is 3.01. The van der Waals surface area contributed by atoms with Gasteiger partial charge in [0.25, 0.3) is 5.91 Å². The predicted molar refractivity (Wildman–Crippen MR) is 79.3 cm³/mol. The number of amides is 1. The molecule has 2 rings (SSSR count). The molecule has 0 aliphatic carbocycles. The molecule has 116 valence electrons. The van der Waals surface area contributed by atoms with Crippen molar-refractivity contribution in [2.24, 2.45) is 5.92 Å². The van der Waals surface area contributed by atoms with Crippen molar-refractivity contribution in [2.45, 2.75) is 38.8 Å². The summed E-state index contributed by atoms with van der Waals surface area (Å²) in [7, 11) is 0. The number of carbonyl (C=O) groups is 2. The van der Waals surface area contributed by atoms with Crippen LogP contribution in [0, 0.1) is 5.92 Å². The lowest BCUT2D eigenvalue weighted by Gasteiger charge is -2.26. The summed E-state index contributed by atoms with van der Waals surface area (Å²) in [5.41, 5.74) is 0.536. The number of carbonyl (C=O) groups excluding carboxylic acids is 1. The van der Waals surface area contributed by atoms with Crippen molar-refractivity contribution in [3.63, 3.8) is 0 Å². The third-order valence-electron chi connectivity index (χ3n) is 3.93. The Morgan fingerprint density at radius 3 is 2.62 bits per heavy atom. The summed E-state index contributed by atoms with van der Waals surface area (Å²) >= 11 is 0. The summed E-state index contributed by atoms with van der Waals surface area (Å²) in [5, 5.41) is 15.1. The minimum atomic E-state index is -1.00. The molecule has 0 radical (unpaired) electrons. The minimum Gasteiger partial charge on any atom is -0.480 e. The Labute approximate surface area is 124 Å². The van der Waals surface area contributed by atoms with Crippen LogP contribution in [0.3, 0.4) is 0 Å². The summed E-state index contributed by atoms with van der Waals surface area (Å²) < 4.78 is 1.97. The molecule has 1 aromatic heterocycles. The third kappa shape index (κ3) is 3.64. The Hall–Kier alpha value is -1.82. The molecular weight excluding hydrogens is 270 g/mol. The molecule has 0 bridgehead atoms. The molecular formula is C15H23N3O3. The summed E-state index contributed by atoms with van der Waals surface area (Å²) in [4.78, 5) is 23.6. The van der Waals surface area contributed by atoms with Crippen LogP contribution in [0.4, 0.5) is 0 Å². The van der Waals surface area contributed by atoms with Gasteiger partial charge in [0.05, 0.1) is 0 Å². The van der Waals surface area contributed by atoms with E-state index in [9.17, 15) is 14.7 Å². The zero-order valence-corrected chi connectivity index (χ0v) is 12.5. The quantitative estimate of drug-likeness (QED) is 0.763. The molecule has 3 N–H and O–H groups in total. The molecule has 1 atom stereocenters. The fourth-order valence-corrected chi connectivity index (χ4v) is 2.72. The molecule has 21 heavy (non-hydrogen) atoms. The maximum Gasteiger partial charge on any atom is 0.326 e. The summed E-state index contributed by atoms with van der Waals surface area (Å²) in [5.74, 6) is -1.48. The average Bonchev–Trinajstić information content (AvgIpc) is 2.94. The Balaban J connectivity index is 2.12. The molecule has 1 unspecified atom stereocenters. The standard InChI is InChI=1S/C15H23N3O3/c1-10(2)13(15(20)21)17-14(19)12-4-3-9-18(12)11-5-7-16-8-6-11/h3-4,9-11,13,16H,5-8H2,1-2H3,(H,17,19)(H,20,21). The van der Waals surface area contributed by atoms with Crippen molar-refractivity contribution in [2.75, 3.05) is 13.1 Å². The summed E-state index contributed by atoms with van der Waals surface area (Å²) in [6.07, 6.45) is 3.85. The molecule has 6 heteroatoms. The lowest BCUT2D eigenvalue weighted by Crippen LogP contribution is -2.45. The van der Waals surface area contributed by atoms with E-state index in [2.05, 4.69) is 10.6 Å². The highest BCUT2D eigenvalue weighted by Gasteiger charge is 2.26. The highest BCUT2D eigenvalue weighted by atomic mass is 16.4. The van der Waals surface area contributed by atoms with Crippen LogP contribution in [0.5, 0.6) is 0 Å². The van der Waals surface area contributed by atoms with E-state index in [-0.39, 0.29) is 11.8 Å². The number of nitrogens with zero attached hydrogens (tertiary/aromatic N) is 1. The number of piperidine rings is 1. The van der Waals surface area contributed by atoms with Gasteiger partial charge in [0.1, 0.15) is 11.7 Å². The fraction of sp³-hybridized carbons (Fsp3) is 0.600. The Kier molecular flexibility index (Phi) is 5.01. The molecule has 1 aliphatic rings. The Morgan fingerprint density at radius 2 is 2.05 bits per heavy atom. The maximum atomic E-state index is 12.4. The van der Waals surface area contributed by atoms with E-state index < -0.39 is 12.0 Å². The number of aliphatic carboxylic acids is 1. The first kappa shape index (κ1) is 15.6. The number of carboxylic acid groups (broad SMARTS) is 1. The number of hydrogen-bond acceptors (Lipinski definition) is 3. The second-order valence-corrected chi connectivity index (χ2v) is 5.82. The van der Waals surface area contributed by atoms with Crippen LogP contribution < -0.4 is 10.6 Å². The van der Waals surface area contributed by atoms with Gasteiger partial charge < -0.3 is 20.3 Å². The fourth-order valence-electron chi connectivity index (χ4n) is 2.72. The molecule has 6 nitrogen and oxygen atoms in total. The number of carboxylic acids is 1. The van der Waals surface area contributed by atoms with Crippen LogP contribution in [-0.4, -0.2) is 40.7 Å². The first-order chi connectivity index (χ1) is 10.0. The monoisotopic (exact) mass is 293 g/mol. The van der Waals surface area contributed by atoms with Crippen LogP contribution in [0.1, 0.15) is 43.2 Å². The lowest BCUT2D eigenvalue weighted by molar-refractivity contribution is -0.140. The second kappa shape index (κ2) is 6.76. The molecule has 0 saturated carbocycles. The first-order valence-corrected chi connectivity index (χ1v) is 7.42. The first-order valence-electron chi connectivity index (χ1n) is 7.42. The van der Waals surface area contributed by atoms with Gasteiger partial charge in [-0.15, -0.1) is 0 Å². The molecule has 1 saturated heterocycles. The predicted octanol–water partition coefficient (Wildman–Crippen LogP) is 1.25. The highest BCUT2D eigenvalue weighted by Crippen LogP contribution is 2.21. The average molecular weight is 293 g/mol. The number of nitrogens with one attached hydrogen (secondary N) is 2. The maximum absolute atomic E-state index is 12.4. The number of hydrogen-bond donors (Lipinski definition) is 3. The SMILES string of the molecule is CC(C)C(NC(=O)c1cccn1C1CCNCC1)C(=O)O. The van der Waals surface area contributed by atoms with Crippen molar-refractivity contribution >= 4 is 11.9 Å². The van der Waals surface area contributed by atoms with Gasteiger partial charge in [0, 0.05) is 12.2 Å². The van der Waals surface area contributed by atoms with Gasteiger partial charge in [-0.3, -0.25) is 4.79 Å². The smallest absolute Gasteiger partial charge is 0.326 e. The van der Waals surface area contributed by atoms with Crippen LogP contribution in [0.25, 0.3) is 0 Å². The molecule has 2 heterocycles. The largest absolute Gasteiger partial charge is 0.480 e. The van der Waals surface area contributed by atoms with Crippen molar-refractivity contribution in [3.8, 4) is 0 Å². The van der Waals surface area contributed by atoms with Crippen molar-refractivity contribution in [3.05, 3.63) is 24.0 Å². The second-order valence-electron chi connectivity index (χ2n) is 5.82. The number of rotatable bonds is 5. The van der Waals surface area contributed by atoms with Gasteiger partial charge in [-0.1, -0.05) is 13.8 Å². The van der Waals surface area contributed by atoms with E-state index in [1.165, 1.54) is 0 Å². The van der Waals surface area contributed by atoms with Crippen LogP contribution in [0.15, 0.2) is 18.3 Å². The normalized spacial score (nSPS) is 17.7. The number of aromatic nitrogens is 1. The molecule has 1 aromatic rings. The summed E-state index contributed by atoms with van der Waals surface area (Å²) in [6.45, 7) is 5.44. The van der Waals surface area contributed by atoms with Crippen molar-refractivity contribution in [1.82, 2.24) is 15.2 Å². The van der Waals surface area contributed by atoms with E-state index in [4.69, 9.17) is 0 Å². The van der Waals surface area contributed by atoms with Crippen LogP contribution in [-0.2, 0) is 4.79 Å². The molecule has 1 amide bonds. The van der Waals surface area contributed by atoms with Gasteiger partial charge in [-0.2, -0.15) is 0 Å². The van der Waals surface area contributed by atoms with E-state index >= 15 is 0 Å². The van der Waals surface area contributed by atoms with Crippen molar-refractivity contribution < 1.29 is 14.7 Å².